The maximum Gasteiger partial charge on any atom is 0.150 e. The van der Waals surface area contributed by atoms with Crippen molar-refractivity contribution in [2.75, 3.05) is 25.2 Å². The van der Waals surface area contributed by atoms with Crippen molar-refractivity contribution in [2.45, 2.75) is 26.8 Å². The normalized spacial score (nSPS) is 21.1. The van der Waals surface area contributed by atoms with Gasteiger partial charge in [0.05, 0.1) is 18.6 Å². The summed E-state index contributed by atoms with van der Waals surface area (Å²) in [7, 11) is -1.08. The largest absolute Gasteiger partial charge is 0.496 e. The molecule has 0 spiro atoms. The van der Waals surface area contributed by atoms with E-state index in [0.717, 1.165) is 36.4 Å². The molecule has 1 aliphatic rings. The summed E-state index contributed by atoms with van der Waals surface area (Å²) in [5.41, 5.74) is 3.47. The van der Waals surface area contributed by atoms with Gasteiger partial charge < -0.3 is 10.1 Å². The molecule has 0 aliphatic carbocycles. The van der Waals surface area contributed by atoms with E-state index in [1.54, 1.807) is 7.11 Å². The van der Waals surface area contributed by atoms with E-state index < -0.39 is 9.84 Å². The van der Waals surface area contributed by atoms with Crippen molar-refractivity contribution in [3.63, 3.8) is 0 Å². The smallest absolute Gasteiger partial charge is 0.150 e. The fourth-order valence-electron chi connectivity index (χ4n) is 2.92. The van der Waals surface area contributed by atoms with Crippen LogP contribution in [0.15, 0.2) is 12.1 Å². The van der Waals surface area contributed by atoms with Crippen LogP contribution in [0.25, 0.3) is 0 Å². The van der Waals surface area contributed by atoms with Gasteiger partial charge in [0.1, 0.15) is 5.75 Å². The van der Waals surface area contributed by atoms with Crippen LogP contribution >= 0.6 is 0 Å². The molecule has 1 aliphatic heterocycles. The molecular weight excluding hydrogens is 274 g/mol. The fourth-order valence-corrected chi connectivity index (χ4v) is 4.78. The van der Waals surface area contributed by atoms with E-state index in [4.69, 9.17) is 4.74 Å². The quantitative estimate of drug-likeness (QED) is 0.901. The first-order valence-electron chi connectivity index (χ1n) is 6.96. The van der Waals surface area contributed by atoms with Gasteiger partial charge in [-0.05, 0) is 49.4 Å². The van der Waals surface area contributed by atoms with Gasteiger partial charge in [-0.3, -0.25) is 0 Å². The zero-order valence-electron chi connectivity index (χ0n) is 12.4. The third-order valence-corrected chi connectivity index (χ3v) is 5.65. The Hall–Kier alpha value is -1.07. The molecule has 4 nitrogen and oxygen atoms in total. The molecule has 5 heteroatoms. The molecule has 0 saturated carbocycles. The lowest BCUT2D eigenvalue weighted by Crippen LogP contribution is -2.23. The summed E-state index contributed by atoms with van der Waals surface area (Å²) in [4.78, 5) is 0. The minimum Gasteiger partial charge on any atom is -0.496 e. The monoisotopic (exact) mass is 297 g/mol. The Morgan fingerprint density at radius 1 is 1.30 bits per heavy atom. The lowest BCUT2D eigenvalue weighted by Gasteiger charge is -2.13. The lowest BCUT2D eigenvalue weighted by atomic mass is 10.1. The van der Waals surface area contributed by atoms with Gasteiger partial charge in [-0.1, -0.05) is 12.1 Å². The van der Waals surface area contributed by atoms with E-state index in [1.807, 2.05) is 13.8 Å². The molecule has 20 heavy (non-hydrogen) atoms. The average Bonchev–Trinajstić information content (AvgIpc) is 2.69. The molecule has 1 N–H and O–H groups in total. The van der Waals surface area contributed by atoms with Gasteiger partial charge in [0, 0.05) is 6.54 Å². The number of rotatable bonds is 5. The Kier molecular flexibility index (Phi) is 4.70. The SMILES string of the molecule is COc1c(C)cc(CNC[C@H]2CCS(=O)(=O)C2)cc1C. The van der Waals surface area contributed by atoms with Crippen LogP contribution in [0.1, 0.15) is 23.1 Å². The molecule has 1 saturated heterocycles. The van der Waals surface area contributed by atoms with E-state index >= 15 is 0 Å². The van der Waals surface area contributed by atoms with Crippen molar-refractivity contribution in [3.8, 4) is 5.75 Å². The fraction of sp³-hybridized carbons (Fsp3) is 0.600. The molecule has 0 bridgehead atoms. The zero-order valence-corrected chi connectivity index (χ0v) is 13.2. The Labute approximate surface area is 121 Å². The van der Waals surface area contributed by atoms with E-state index in [9.17, 15) is 8.42 Å². The van der Waals surface area contributed by atoms with Gasteiger partial charge in [-0.15, -0.1) is 0 Å². The van der Waals surface area contributed by atoms with Crippen molar-refractivity contribution in [2.24, 2.45) is 5.92 Å². The molecule has 1 aromatic carbocycles. The van der Waals surface area contributed by atoms with E-state index in [0.29, 0.717) is 11.5 Å². The second-order valence-corrected chi connectivity index (χ2v) is 7.89. The summed E-state index contributed by atoms with van der Waals surface area (Å²) in [5, 5.41) is 3.37. The molecule has 0 radical (unpaired) electrons. The Morgan fingerprint density at radius 3 is 2.45 bits per heavy atom. The van der Waals surface area contributed by atoms with Gasteiger partial charge in [0.25, 0.3) is 0 Å². The third-order valence-electron chi connectivity index (χ3n) is 3.81. The predicted molar refractivity (Wildman–Crippen MR) is 80.9 cm³/mol. The minimum absolute atomic E-state index is 0.264. The van der Waals surface area contributed by atoms with Gasteiger partial charge in [-0.25, -0.2) is 8.42 Å². The summed E-state index contributed by atoms with van der Waals surface area (Å²) >= 11 is 0. The van der Waals surface area contributed by atoms with Crippen LogP contribution in [0.4, 0.5) is 0 Å². The topological polar surface area (TPSA) is 55.4 Å². The number of ether oxygens (including phenoxy) is 1. The van der Waals surface area contributed by atoms with E-state index in [1.165, 1.54) is 5.56 Å². The summed E-state index contributed by atoms with van der Waals surface area (Å²) < 4.78 is 28.1. The molecule has 1 heterocycles. The second kappa shape index (κ2) is 6.14. The highest BCUT2D eigenvalue weighted by Gasteiger charge is 2.27. The highest BCUT2D eigenvalue weighted by molar-refractivity contribution is 7.91. The highest BCUT2D eigenvalue weighted by Crippen LogP contribution is 2.24. The first-order valence-corrected chi connectivity index (χ1v) is 8.78. The standard InChI is InChI=1S/C15H23NO3S/c1-11-6-14(7-12(2)15(11)19-3)9-16-8-13-4-5-20(17,18)10-13/h6-7,13,16H,4-5,8-10H2,1-3H3/t13-/m1/s1. The maximum absolute atomic E-state index is 11.4. The molecule has 1 fully saturated rings. The van der Waals surface area contributed by atoms with Crippen LogP contribution < -0.4 is 10.1 Å². The van der Waals surface area contributed by atoms with Crippen LogP contribution in [-0.4, -0.2) is 33.6 Å². The molecule has 112 valence electrons. The van der Waals surface area contributed by atoms with E-state index in [2.05, 4.69) is 17.4 Å². The molecule has 0 aromatic heterocycles. The Bertz CT molecular complexity index is 558. The van der Waals surface area contributed by atoms with Crippen molar-refractivity contribution in [1.82, 2.24) is 5.32 Å². The number of benzene rings is 1. The Balaban J connectivity index is 1.89. The Morgan fingerprint density at radius 2 is 1.95 bits per heavy atom. The summed E-state index contributed by atoms with van der Waals surface area (Å²) in [6, 6.07) is 4.23. The van der Waals surface area contributed by atoms with Crippen molar-refractivity contribution >= 4 is 9.84 Å². The second-order valence-electron chi connectivity index (χ2n) is 5.66. The van der Waals surface area contributed by atoms with Crippen molar-refractivity contribution in [1.29, 1.82) is 0 Å². The molecule has 1 atom stereocenters. The number of nitrogens with one attached hydrogen (secondary N) is 1. The molecule has 2 rings (SSSR count). The van der Waals surface area contributed by atoms with Crippen LogP contribution in [0.2, 0.25) is 0 Å². The average molecular weight is 297 g/mol. The van der Waals surface area contributed by atoms with Gasteiger partial charge in [0.2, 0.25) is 0 Å². The van der Waals surface area contributed by atoms with Crippen molar-refractivity contribution < 1.29 is 13.2 Å². The molecule has 0 amide bonds. The van der Waals surface area contributed by atoms with Gasteiger partial charge in [0.15, 0.2) is 9.84 Å². The minimum atomic E-state index is -2.77. The molecule has 1 aromatic rings. The van der Waals surface area contributed by atoms with Gasteiger partial charge >= 0.3 is 0 Å². The number of methoxy groups -OCH3 is 1. The first-order chi connectivity index (χ1) is 9.41. The highest BCUT2D eigenvalue weighted by atomic mass is 32.2. The van der Waals surface area contributed by atoms with Crippen molar-refractivity contribution in [3.05, 3.63) is 28.8 Å². The van der Waals surface area contributed by atoms with Crippen LogP contribution in [-0.2, 0) is 16.4 Å². The third kappa shape index (κ3) is 3.73. The predicted octanol–water partition coefficient (Wildman–Crippen LogP) is 1.84. The number of hydrogen-bond donors (Lipinski definition) is 1. The summed E-state index contributed by atoms with van der Waals surface area (Å²) in [6.45, 7) is 5.61. The zero-order chi connectivity index (χ0) is 14.8. The van der Waals surface area contributed by atoms with Gasteiger partial charge in [-0.2, -0.15) is 0 Å². The number of hydrogen-bond acceptors (Lipinski definition) is 4. The maximum atomic E-state index is 11.4. The van der Waals surface area contributed by atoms with Crippen LogP contribution in [0, 0.1) is 19.8 Å². The van der Waals surface area contributed by atoms with E-state index in [-0.39, 0.29) is 5.92 Å². The molecule has 0 unspecified atom stereocenters. The number of sulfone groups is 1. The molecular formula is C15H23NO3S. The lowest BCUT2D eigenvalue weighted by molar-refractivity contribution is 0.408. The number of aryl methyl sites for hydroxylation is 2. The first kappa shape index (κ1) is 15.3. The van der Waals surface area contributed by atoms with Crippen LogP contribution in [0.5, 0.6) is 5.75 Å². The summed E-state index contributed by atoms with van der Waals surface area (Å²) in [5.74, 6) is 1.89. The van der Waals surface area contributed by atoms with Crippen LogP contribution in [0.3, 0.4) is 0 Å². The summed E-state index contributed by atoms with van der Waals surface area (Å²) in [6.07, 6.45) is 0.788.